The molecule has 2 aromatic heterocycles. The van der Waals surface area contributed by atoms with Crippen LogP contribution in [0.2, 0.25) is 5.02 Å². The fourth-order valence-corrected chi connectivity index (χ4v) is 2.30. The van der Waals surface area contributed by atoms with Crippen LogP contribution in [-0.2, 0) is 6.54 Å². The predicted octanol–water partition coefficient (Wildman–Crippen LogP) is 3.87. The summed E-state index contributed by atoms with van der Waals surface area (Å²) in [5.41, 5.74) is 2.01. The number of pyridine rings is 1. The number of anilines is 1. The standard InChI is InChI=1S/C17H15ClN4O/c1-2-22-11-15(14-5-3-4-10-19-14)20-17(22)21-16(23)12-6-8-13(18)9-7-12/h3-11H,2H2,1H3,(H,20,21,23). The van der Waals surface area contributed by atoms with Crippen molar-refractivity contribution in [1.82, 2.24) is 14.5 Å². The highest BCUT2D eigenvalue weighted by atomic mass is 35.5. The fourth-order valence-electron chi connectivity index (χ4n) is 2.17. The van der Waals surface area contributed by atoms with Gasteiger partial charge in [-0.2, -0.15) is 0 Å². The average Bonchev–Trinajstić information content (AvgIpc) is 2.99. The molecule has 0 bridgehead atoms. The van der Waals surface area contributed by atoms with Crippen LogP contribution in [0.25, 0.3) is 11.4 Å². The van der Waals surface area contributed by atoms with Gasteiger partial charge in [-0.1, -0.05) is 17.7 Å². The monoisotopic (exact) mass is 326 g/mol. The van der Waals surface area contributed by atoms with Crippen molar-refractivity contribution in [2.75, 3.05) is 5.32 Å². The second-order valence-corrected chi connectivity index (χ2v) is 5.35. The number of benzene rings is 1. The predicted molar refractivity (Wildman–Crippen MR) is 90.5 cm³/mol. The van der Waals surface area contributed by atoms with Gasteiger partial charge in [0.05, 0.1) is 5.69 Å². The average molecular weight is 327 g/mol. The minimum absolute atomic E-state index is 0.227. The Balaban J connectivity index is 1.86. The van der Waals surface area contributed by atoms with E-state index in [0.29, 0.717) is 23.1 Å². The van der Waals surface area contributed by atoms with Gasteiger partial charge in [0.2, 0.25) is 5.95 Å². The fraction of sp³-hybridized carbons (Fsp3) is 0.118. The summed E-state index contributed by atoms with van der Waals surface area (Å²) in [6.45, 7) is 2.68. The first-order valence-electron chi connectivity index (χ1n) is 7.23. The summed E-state index contributed by atoms with van der Waals surface area (Å²) in [5, 5.41) is 3.42. The first-order valence-corrected chi connectivity index (χ1v) is 7.60. The molecular formula is C17H15ClN4O. The molecule has 5 nitrogen and oxygen atoms in total. The highest BCUT2D eigenvalue weighted by Gasteiger charge is 2.13. The smallest absolute Gasteiger partial charge is 0.257 e. The highest BCUT2D eigenvalue weighted by Crippen LogP contribution is 2.19. The largest absolute Gasteiger partial charge is 0.317 e. The molecule has 23 heavy (non-hydrogen) atoms. The Kier molecular flexibility index (Phi) is 4.39. The molecule has 1 aromatic carbocycles. The number of carbonyl (C=O) groups is 1. The lowest BCUT2D eigenvalue weighted by Gasteiger charge is -2.06. The van der Waals surface area contributed by atoms with E-state index in [1.807, 2.05) is 35.9 Å². The van der Waals surface area contributed by atoms with Crippen molar-refractivity contribution >= 4 is 23.5 Å². The molecular weight excluding hydrogens is 312 g/mol. The van der Waals surface area contributed by atoms with Crippen LogP contribution >= 0.6 is 11.6 Å². The van der Waals surface area contributed by atoms with E-state index >= 15 is 0 Å². The number of halogens is 1. The third-order valence-corrected chi connectivity index (χ3v) is 3.63. The Morgan fingerprint density at radius 2 is 1.96 bits per heavy atom. The zero-order chi connectivity index (χ0) is 16.2. The molecule has 0 saturated carbocycles. The van der Waals surface area contributed by atoms with Gasteiger partial charge in [-0.3, -0.25) is 15.1 Å². The first kappa shape index (κ1) is 15.2. The molecule has 3 rings (SSSR count). The van der Waals surface area contributed by atoms with Gasteiger partial charge < -0.3 is 4.57 Å². The van der Waals surface area contributed by atoms with Crippen LogP contribution in [0.1, 0.15) is 17.3 Å². The van der Waals surface area contributed by atoms with Gasteiger partial charge in [-0.05, 0) is 43.3 Å². The van der Waals surface area contributed by atoms with E-state index in [-0.39, 0.29) is 5.91 Å². The lowest BCUT2D eigenvalue weighted by molar-refractivity contribution is 0.102. The Morgan fingerprint density at radius 1 is 1.17 bits per heavy atom. The number of imidazole rings is 1. The van der Waals surface area contributed by atoms with Crippen LogP contribution in [0.15, 0.2) is 54.9 Å². The van der Waals surface area contributed by atoms with Crippen molar-refractivity contribution in [3.05, 3.63) is 65.4 Å². The van der Waals surface area contributed by atoms with Crippen LogP contribution in [0.3, 0.4) is 0 Å². The van der Waals surface area contributed by atoms with Gasteiger partial charge in [0.1, 0.15) is 5.69 Å². The molecule has 0 spiro atoms. The van der Waals surface area contributed by atoms with Gasteiger partial charge in [0, 0.05) is 29.5 Å². The molecule has 1 amide bonds. The van der Waals surface area contributed by atoms with Crippen LogP contribution in [0.5, 0.6) is 0 Å². The molecule has 1 N–H and O–H groups in total. The molecule has 0 aliphatic carbocycles. The summed E-state index contributed by atoms with van der Waals surface area (Å²) in [5.74, 6) is 0.266. The molecule has 2 heterocycles. The zero-order valence-electron chi connectivity index (χ0n) is 12.5. The SMILES string of the molecule is CCn1cc(-c2ccccn2)nc1NC(=O)c1ccc(Cl)cc1. The van der Waals surface area contributed by atoms with Gasteiger partial charge in [0.15, 0.2) is 0 Å². The Hall–Kier alpha value is -2.66. The summed E-state index contributed by atoms with van der Waals surface area (Å²) >= 11 is 5.84. The maximum atomic E-state index is 12.3. The van der Waals surface area contributed by atoms with Crippen LogP contribution in [-0.4, -0.2) is 20.4 Å². The summed E-state index contributed by atoms with van der Waals surface area (Å²) in [4.78, 5) is 21.1. The lowest BCUT2D eigenvalue weighted by atomic mass is 10.2. The molecule has 116 valence electrons. The van der Waals surface area contributed by atoms with Crippen molar-refractivity contribution in [2.45, 2.75) is 13.5 Å². The second kappa shape index (κ2) is 6.62. The molecule has 3 aromatic rings. The van der Waals surface area contributed by atoms with Crippen LogP contribution in [0.4, 0.5) is 5.95 Å². The number of amides is 1. The van der Waals surface area contributed by atoms with Gasteiger partial charge >= 0.3 is 0 Å². The van der Waals surface area contributed by atoms with Crippen molar-refractivity contribution in [1.29, 1.82) is 0 Å². The summed E-state index contributed by atoms with van der Waals surface area (Å²) < 4.78 is 1.87. The van der Waals surface area contributed by atoms with Crippen molar-refractivity contribution < 1.29 is 4.79 Å². The second-order valence-electron chi connectivity index (χ2n) is 4.91. The number of nitrogens with zero attached hydrogens (tertiary/aromatic N) is 3. The van der Waals surface area contributed by atoms with Crippen molar-refractivity contribution in [3.63, 3.8) is 0 Å². The van der Waals surface area contributed by atoms with E-state index in [0.717, 1.165) is 11.4 Å². The third kappa shape index (κ3) is 3.40. The minimum Gasteiger partial charge on any atom is -0.317 e. The first-order chi connectivity index (χ1) is 11.2. The molecule has 0 aliphatic heterocycles. The quantitative estimate of drug-likeness (QED) is 0.791. The molecule has 6 heteroatoms. The van der Waals surface area contributed by atoms with Gasteiger partial charge in [-0.15, -0.1) is 0 Å². The van der Waals surface area contributed by atoms with E-state index in [1.165, 1.54) is 0 Å². The molecule has 0 fully saturated rings. The van der Waals surface area contributed by atoms with Gasteiger partial charge in [0.25, 0.3) is 5.91 Å². The number of aryl methyl sites for hydroxylation is 1. The lowest BCUT2D eigenvalue weighted by Crippen LogP contribution is -2.15. The number of carbonyl (C=O) groups excluding carboxylic acids is 1. The number of aromatic nitrogens is 3. The van der Waals surface area contributed by atoms with Crippen molar-refractivity contribution in [2.24, 2.45) is 0 Å². The molecule has 0 aliphatic rings. The minimum atomic E-state index is -0.227. The van der Waals surface area contributed by atoms with E-state index in [9.17, 15) is 4.79 Å². The van der Waals surface area contributed by atoms with Crippen LogP contribution in [0, 0.1) is 0 Å². The number of hydrogen-bond donors (Lipinski definition) is 1. The molecule has 0 saturated heterocycles. The summed E-state index contributed by atoms with van der Waals surface area (Å²) in [6, 6.07) is 12.4. The highest BCUT2D eigenvalue weighted by molar-refractivity contribution is 6.30. The number of nitrogens with one attached hydrogen (secondary N) is 1. The summed E-state index contributed by atoms with van der Waals surface area (Å²) in [7, 11) is 0. The molecule has 0 unspecified atom stereocenters. The third-order valence-electron chi connectivity index (χ3n) is 3.38. The molecule has 0 atom stereocenters. The Labute approximate surface area is 139 Å². The zero-order valence-corrected chi connectivity index (χ0v) is 13.3. The maximum absolute atomic E-state index is 12.3. The summed E-state index contributed by atoms with van der Waals surface area (Å²) in [6.07, 6.45) is 3.59. The van der Waals surface area contributed by atoms with E-state index in [2.05, 4.69) is 15.3 Å². The van der Waals surface area contributed by atoms with E-state index in [1.54, 1.807) is 30.5 Å². The van der Waals surface area contributed by atoms with Crippen molar-refractivity contribution in [3.8, 4) is 11.4 Å². The topological polar surface area (TPSA) is 59.8 Å². The van der Waals surface area contributed by atoms with E-state index < -0.39 is 0 Å². The molecule has 0 radical (unpaired) electrons. The number of rotatable bonds is 4. The number of hydrogen-bond acceptors (Lipinski definition) is 3. The Morgan fingerprint density at radius 3 is 2.61 bits per heavy atom. The Bertz CT molecular complexity index is 812. The normalized spacial score (nSPS) is 10.5. The van der Waals surface area contributed by atoms with Gasteiger partial charge in [-0.25, -0.2) is 4.98 Å². The van der Waals surface area contributed by atoms with Crippen LogP contribution < -0.4 is 5.32 Å². The van der Waals surface area contributed by atoms with E-state index in [4.69, 9.17) is 11.6 Å². The maximum Gasteiger partial charge on any atom is 0.257 e.